The summed E-state index contributed by atoms with van der Waals surface area (Å²) < 4.78 is 56.0. The molecule has 1 aliphatic heterocycles. The van der Waals surface area contributed by atoms with Crippen molar-refractivity contribution in [1.82, 2.24) is 0 Å². The maximum atomic E-state index is 13.0. The first-order chi connectivity index (χ1) is 9.96. The number of benzene rings is 1. The Kier molecular flexibility index (Phi) is 4.26. The monoisotopic (exact) mass is 316 g/mol. The molecule has 0 unspecified atom stereocenters. The highest BCUT2D eigenvalue weighted by molar-refractivity contribution is 6.62. The molecule has 1 saturated heterocycles. The van der Waals surface area contributed by atoms with E-state index in [2.05, 4.69) is 0 Å². The van der Waals surface area contributed by atoms with Crippen LogP contribution in [0.2, 0.25) is 0 Å². The highest BCUT2D eigenvalue weighted by Crippen LogP contribution is 2.37. The van der Waals surface area contributed by atoms with E-state index >= 15 is 0 Å². The van der Waals surface area contributed by atoms with Crippen molar-refractivity contribution < 1.29 is 27.2 Å². The SMILES string of the molecule is CCOc1cc(B2OC(C)(C)C(C)(C)O2)cc(C(F)(F)F)c1. The zero-order valence-corrected chi connectivity index (χ0v) is 13.4. The highest BCUT2D eigenvalue weighted by atomic mass is 19.4. The van der Waals surface area contributed by atoms with Gasteiger partial charge in [-0.2, -0.15) is 13.2 Å². The molecule has 3 nitrogen and oxygen atoms in total. The van der Waals surface area contributed by atoms with Gasteiger partial charge in [0.05, 0.1) is 23.4 Å². The molecule has 1 aliphatic rings. The predicted octanol–water partition coefficient (Wildman–Crippen LogP) is 3.40. The lowest BCUT2D eigenvalue weighted by Crippen LogP contribution is -2.41. The van der Waals surface area contributed by atoms with Gasteiger partial charge in [0, 0.05) is 0 Å². The van der Waals surface area contributed by atoms with E-state index in [0.29, 0.717) is 5.46 Å². The second-order valence-corrected chi connectivity index (χ2v) is 6.31. The van der Waals surface area contributed by atoms with Crippen molar-refractivity contribution in [2.75, 3.05) is 6.61 Å². The van der Waals surface area contributed by atoms with Crippen LogP contribution in [0.5, 0.6) is 5.75 Å². The molecule has 122 valence electrons. The Hall–Kier alpha value is -1.21. The average molecular weight is 316 g/mol. The molecule has 22 heavy (non-hydrogen) atoms. The van der Waals surface area contributed by atoms with Gasteiger partial charge in [-0.3, -0.25) is 0 Å². The molecule has 0 saturated carbocycles. The molecule has 1 fully saturated rings. The molecule has 7 heteroatoms. The quantitative estimate of drug-likeness (QED) is 0.800. The maximum absolute atomic E-state index is 13.0. The lowest BCUT2D eigenvalue weighted by molar-refractivity contribution is -0.137. The van der Waals surface area contributed by atoms with Gasteiger partial charge in [0.15, 0.2) is 0 Å². The van der Waals surface area contributed by atoms with Gasteiger partial charge in [-0.25, -0.2) is 0 Å². The third kappa shape index (κ3) is 3.25. The maximum Gasteiger partial charge on any atom is 0.494 e. The average Bonchev–Trinajstić information content (AvgIpc) is 2.57. The minimum Gasteiger partial charge on any atom is -0.494 e. The standard InChI is InChI=1S/C15H20BF3O3/c1-6-20-12-8-10(15(17,18)19)7-11(9-12)16-21-13(2,3)14(4,5)22-16/h7-9H,6H2,1-5H3. The fourth-order valence-corrected chi connectivity index (χ4v) is 2.15. The lowest BCUT2D eigenvalue weighted by atomic mass is 9.78. The summed E-state index contributed by atoms with van der Waals surface area (Å²) >= 11 is 0. The first-order valence-electron chi connectivity index (χ1n) is 7.17. The van der Waals surface area contributed by atoms with Gasteiger partial charge in [0.25, 0.3) is 0 Å². The number of alkyl halides is 3. The smallest absolute Gasteiger partial charge is 0.494 e. The largest absolute Gasteiger partial charge is 0.494 e. The van der Waals surface area contributed by atoms with Crippen molar-refractivity contribution in [3.8, 4) is 5.75 Å². The second kappa shape index (κ2) is 5.46. The molecule has 0 aliphatic carbocycles. The van der Waals surface area contributed by atoms with Crippen LogP contribution < -0.4 is 10.2 Å². The van der Waals surface area contributed by atoms with Crippen LogP contribution in [0, 0.1) is 0 Å². The molecule has 1 heterocycles. The summed E-state index contributed by atoms with van der Waals surface area (Å²) in [6.07, 6.45) is -4.45. The molecular weight excluding hydrogens is 296 g/mol. The lowest BCUT2D eigenvalue weighted by Gasteiger charge is -2.32. The molecule has 0 atom stereocenters. The van der Waals surface area contributed by atoms with Crippen molar-refractivity contribution in [2.45, 2.75) is 52.0 Å². The van der Waals surface area contributed by atoms with Gasteiger partial charge in [0.1, 0.15) is 5.75 Å². The van der Waals surface area contributed by atoms with E-state index in [1.807, 2.05) is 27.7 Å². The van der Waals surface area contributed by atoms with Crippen molar-refractivity contribution in [1.29, 1.82) is 0 Å². The number of ether oxygens (including phenoxy) is 1. The van der Waals surface area contributed by atoms with E-state index < -0.39 is 30.1 Å². The van der Waals surface area contributed by atoms with Gasteiger partial charge in [0.2, 0.25) is 0 Å². The Balaban J connectivity index is 2.41. The van der Waals surface area contributed by atoms with Crippen LogP contribution >= 0.6 is 0 Å². The third-order valence-corrected chi connectivity index (χ3v) is 4.09. The van der Waals surface area contributed by atoms with Crippen LogP contribution in [0.1, 0.15) is 40.2 Å². The summed E-state index contributed by atoms with van der Waals surface area (Å²) in [5, 5.41) is 0. The molecule has 2 rings (SSSR count). The number of hydrogen-bond acceptors (Lipinski definition) is 3. The van der Waals surface area contributed by atoms with Gasteiger partial charge in [-0.15, -0.1) is 0 Å². The van der Waals surface area contributed by atoms with Gasteiger partial charge < -0.3 is 14.0 Å². The van der Waals surface area contributed by atoms with Gasteiger partial charge in [-0.05, 0) is 58.3 Å². The summed E-state index contributed by atoms with van der Waals surface area (Å²) in [4.78, 5) is 0. The van der Waals surface area contributed by atoms with E-state index in [-0.39, 0.29) is 12.4 Å². The topological polar surface area (TPSA) is 27.7 Å². The van der Waals surface area contributed by atoms with Crippen LogP contribution in [0.3, 0.4) is 0 Å². The zero-order chi connectivity index (χ0) is 16.8. The summed E-state index contributed by atoms with van der Waals surface area (Å²) in [7, 11) is -0.855. The van der Waals surface area contributed by atoms with E-state index in [1.54, 1.807) is 6.92 Å². The highest BCUT2D eigenvalue weighted by Gasteiger charge is 2.52. The fraction of sp³-hybridized carbons (Fsp3) is 0.600. The molecular formula is C15H20BF3O3. The van der Waals surface area contributed by atoms with Gasteiger partial charge in [-0.1, -0.05) is 0 Å². The van der Waals surface area contributed by atoms with E-state index in [9.17, 15) is 13.2 Å². The second-order valence-electron chi connectivity index (χ2n) is 6.31. The molecule has 1 aromatic rings. The minimum absolute atomic E-state index is 0.155. The Morgan fingerprint density at radius 2 is 1.59 bits per heavy atom. The molecule has 0 aromatic heterocycles. The van der Waals surface area contributed by atoms with Crippen LogP contribution in [0.15, 0.2) is 18.2 Å². The molecule has 0 N–H and O–H groups in total. The van der Waals surface area contributed by atoms with Gasteiger partial charge >= 0.3 is 13.3 Å². The molecule has 0 radical (unpaired) electrons. The number of rotatable bonds is 3. The normalized spacial score (nSPS) is 20.3. The molecule has 0 bridgehead atoms. The fourth-order valence-electron chi connectivity index (χ4n) is 2.15. The van der Waals surface area contributed by atoms with Crippen molar-refractivity contribution in [3.05, 3.63) is 23.8 Å². The summed E-state index contributed by atoms with van der Waals surface area (Å²) in [5.41, 5.74) is -1.70. The minimum atomic E-state index is -4.45. The van der Waals surface area contributed by atoms with Crippen molar-refractivity contribution in [2.24, 2.45) is 0 Å². The predicted molar refractivity (Wildman–Crippen MR) is 78.3 cm³/mol. The zero-order valence-electron chi connectivity index (χ0n) is 13.4. The van der Waals surface area contributed by atoms with Crippen LogP contribution in [-0.2, 0) is 15.5 Å². The molecule has 0 amide bonds. The third-order valence-electron chi connectivity index (χ3n) is 4.09. The summed E-state index contributed by atoms with van der Waals surface area (Å²) in [5.74, 6) is 0.155. The van der Waals surface area contributed by atoms with Crippen LogP contribution in [0.25, 0.3) is 0 Å². The first kappa shape index (κ1) is 17.2. The Bertz CT molecular complexity index is 539. The summed E-state index contributed by atoms with van der Waals surface area (Å²) in [6, 6.07) is 3.56. The van der Waals surface area contributed by atoms with E-state index in [0.717, 1.165) is 12.1 Å². The Morgan fingerprint density at radius 1 is 1.05 bits per heavy atom. The molecule has 1 aromatic carbocycles. The molecule has 0 spiro atoms. The van der Waals surface area contributed by atoms with E-state index in [4.69, 9.17) is 14.0 Å². The number of halogens is 3. The first-order valence-corrected chi connectivity index (χ1v) is 7.17. The summed E-state index contributed by atoms with van der Waals surface area (Å²) in [6.45, 7) is 9.40. The van der Waals surface area contributed by atoms with Crippen molar-refractivity contribution in [3.63, 3.8) is 0 Å². The Labute approximate surface area is 128 Å². The van der Waals surface area contributed by atoms with Crippen molar-refractivity contribution >= 4 is 12.6 Å². The van der Waals surface area contributed by atoms with Crippen LogP contribution in [-0.4, -0.2) is 24.9 Å². The number of hydrogen-bond donors (Lipinski definition) is 0. The van der Waals surface area contributed by atoms with Crippen LogP contribution in [0.4, 0.5) is 13.2 Å². The Morgan fingerprint density at radius 3 is 2.05 bits per heavy atom. The van der Waals surface area contributed by atoms with E-state index in [1.165, 1.54) is 6.07 Å².